The Labute approximate surface area is 340 Å². The summed E-state index contributed by atoms with van der Waals surface area (Å²) in [4.78, 5) is 48.3. The number of hydrogen-bond donors (Lipinski definition) is 4. The van der Waals surface area contributed by atoms with Crippen molar-refractivity contribution in [2.45, 2.75) is 52.6 Å². The molecule has 4 N–H and O–H groups in total. The summed E-state index contributed by atoms with van der Waals surface area (Å²) < 4.78 is 17.6. The molecule has 13 nitrogen and oxygen atoms in total. The third-order valence-electron chi connectivity index (χ3n) is 9.53. The second-order valence-corrected chi connectivity index (χ2v) is 16.1. The van der Waals surface area contributed by atoms with Gasteiger partial charge in [-0.15, -0.1) is 0 Å². The lowest BCUT2D eigenvalue weighted by Gasteiger charge is -2.35. The highest BCUT2D eigenvalue weighted by Crippen LogP contribution is 2.37. The van der Waals surface area contributed by atoms with Crippen LogP contribution in [0.3, 0.4) is 0 Å². The van der Waals surface area contributed by atoms with Gasteiger partial charge in [-0.05, 0) is 74.2 Å². The van der Waals surface area contributed by atoms with E-state index in [4.69, 9.17) is 14.2 Å². The van der Waals surface area contributed by atoms with Crippen molar-refractivity contribution in [3.8, 4) is 17.2 Å². The molecule has 0 aliphatic carbocycles. The molecule has 1 fully saturated rings. The molecule has 1 aromatic heterocycles. The van der Waals surface area contributed by atoms with Crippen LogP contribution in [0.4, 0.5) is 32.5 Å². The highest BCUT2D eigenvalue weighted by molar-refractivity contribution is 6.09. The van der Waals surface area contributed by atoms with E-state index in [9.17, 15) is 14.4 Å². The van der Waals surface area contributed by atoms with Crippen LogP contribution >= 0.6 is 0 Å². The van der Waals surface area contributed by atoms with E-state index in [2.05, 4.69) is 31.2 Å². The van der Waals surface area contributed by atoms with Crippen molar-refractivity contribution in [1.82, 2.24) is 20.1 Å². The molecule has 1 aliphatic heterocycles. The van der Waals surface area contributed by atoms with Crippen molar-refractivity contribution in [2.75, 3.05) is 62.3 Å². The molecule has 1 aliphatic rings. The van der Waals surface area contributed by atoms with Gasteiger partial charge in [-0.3, -0.25) is 9.69 Å². The van der Waals surface area contributed by atoms with Gasteiger partial charge in [0.05, 0.1) is 24.0 Å². The van der Waals surface area contributed by atoms with Gasteiger partial charge >= 0.3 is 12.1 Å². The quantitative estimate of drug-likeness (QED) is 0.103. The van der Waals surface area contributed by atoms with Crippen molar-refractivity contribution in [2.24, 2.45) is 0 Å². The summed E-state index contributed by atoms with van der Waals surface area (Å²) in [5, 5.41) is 13.8. The smallest absolute Gasteiger partial charge is 0.410 e. The van der Waals surface area contributed by atoms with Gasteiger partial charge in [0.25, 0.3) is 5.91 Å². The third-order valence-corrected chi connectivity index (χ3v) is 9.53. The number of piperazine rings is 1. The fourth-order valence-electron chi connectivity index (χ4n) is 6.53. The molecule has 2 heterocycles. The van der Waals surface area contributed by atoms with Crippen molar-refractivity contribution < 1.29 is 28.6 Å². The monoisotopic (exact) mass is 787 g/mol. The molecule has 0 unspecified atom stereocenters. The van der Waals surface area contributed by atoms with Gasteiger partial charge in [0.1, 0.15) is 22.9 Å². The molecule has 0 spiro atoms. The Morgan fingerprint density at radius 3 is 2.16 bits per heavy atom. The summed E-state index contributed by atoms with van der Waals surface area (Å²) in [6.07, 6.45) is 1.37. The maximum atomic E-state index is 13.7. The zero-order valence-corrected chi connectivity index (χ0v) is 34.3. The van der Waals surface area contributed by atoms with Crippen LogP contribution < -0.4 is 30.7 Å². The maximum absolute atomic E-state index is 13.7. The number of methoxy groups -OCH3 is 1. The number of para-hydroxylation sites is 1. The molecule has 0 bridgehead atoms. The van der Waals surface area contributed by atoms with Crippen molar-refractivity contribution in [1.29, 1.82) is 0 Å². The number of ether oxygens (including phenoxy) is 3. The molecule has 58 heavy (non-hydrogen) atoms. The first-order chi connectivity index (χ1) is 27.7. The van der Waals surface area contributed by atoms with Gasteiger partial charge in [0.2, 0.25) is 0 Å². The highest BCUT2D eigenvalue weighted by Gasteiger charge is 2.27. The van der Waals surface area contributed by atoms with Gasteiger partial charge in [0.15, 0.2) is 5.75 Å². The molecule has 0 atom stereocenters. The lowest BCUT2D eigenvalue weighted by atomic mass is 9.85. The number of amides is 4. The zero-order chi connectivity index (χ0) is 41.5. The molecule has 13 heteroatoms. The number of pyridine rings is 1. The molecule has 0 radical (unpaired) electrons. The number of fused-ring (bicyclic) bond motifs is 1. The summed E-state index contributed by atoms with van der Waals surface area (Å²) in [5.74, 6) is 1.77. The van der Waals surface area contributed by atoms with Crippen LogP contribution in [0.1, 0.15) is 57.5 Å². The number of carbonyl (C=O) groups is 3. The molecule has 304 valence electrons. The average Bonchev–Trinajstić information content (AvgIpc) is 3.18. The minimum atomic E-state index is -0.547. The van der Waals surface area contributed by atoms with Gasteiger partial charge in [-0.25, -0.2) is 14.6 Å². The first-order valence-corrected chi connectivity index (χ1v) is 19.4. The Bertz CT molecular complexity index is 2240. The summed E-state index contributed by atoms with van der Waals surface area (Å²) in [5.41, 5.74) is 2.10. The Balaban J connectivity index is 1.13. The van der Waals surface area contributed by atoms with Crippen molar-refractivity contribution >= 4 is 51.7 Å². The fraction of sp³-hybridized carbons (Fsp3) is 0.333. The second kappa shape index (κ2) is 17.9. The van der Waals surface area contributed by atoms with E-state index in [-0.39, 0.29) is 23.2 Å². The van der Waals surface area contributed by atoms with Crippen LogP contribution in [0.2, 0.25) is 0 Å². The van der Waals surface area contributed by atoms with Gasteiger partial charge in [-0.1, -0.05) is 63.2 Å². The van der Waals surface area contributed by atoms with Crippen LogP contribution in [-0.4, -0.2) is 84.8 Å². The fourth-order valence-corrected chi connectivity index (χ4v) is 6.53. The minimum absolute atomic E-state index is 0.249. The molecule has 0 saturated carbocycles. The number of rotatable bonds is 11. The van der Waals surface area contributed by atoms with Crippen molar-refractivity contribution in [3.63, 3.8) is 0 Å². The van der Waals surface area contributed by atoms with E-state index in [0.29, 0.717) is 73.5 Å². The number of nitrogens with zero attached hydrogens (tertiary/aromatic N) is 3. The number of anilines is 4. The number of urea groups is 1. The standard InChI is InChI=1S/C45H53N7O6/c1-44(2,3)30-27-35(41(53)47-21-22-51-23-25-52(26-24-51)43(55)58-45(4,5)6)40(56-7)37(28-30)50-42(54)49-36-17-18-38(34-16-12-11-15-33(34)36)57-32-19-20-46-39(29-32)48-31-13-9-8-10-14-31/h8-20,27-29H,21-26H2,1-7H3,(H,46,48)(H,47,53)(H2,49,50,54). The number of carbonyl (C=O) groups excluding carboxylic acids is 3. The van der Waals surface area contributed by atoms with Gasteiger partial charge in [0, 0.05) is 68.0 Å². The Hall–Kier alpha value is -6.34. The molecule has 6 rings (SSSR count). The van der Waals surface area contributed by atoms with E-state index < -0.39 is 11.6 Å². The number of hydrogen-bond acceptors (Lipinski definition) is 9. The van der Waals surface area contributed by atoms with Crippen LogP contribution in [-0.2, 0) is 10.2 Å². The zero-order valence-electron chi connectivity index (χ0n) is 34.3. The van der Waals surface area contributed by atoms with Crippen LogP contribution in [0.25, 0.3) is 10.8 Å². The lowest BCUT2D eigenvalue weighted by Crippen LogP contribution is -2.51. The Kier molecular flexibility index (Phi) is 12.7. The number of nitrogens with one attached hydrogen (secondary N) is 4. The largest absolute Gasteiger partial charge is 0.494 e. The average molecular weight is 788 g/mol. The van der Waals surface area contributed by atoms with Crippen LogP contribution in [0, 0.1) is 0 Å². The lowest BCUT2D eigenvalue weighted by molar-refractivity contribution is 0.0147. The molecule has 1 saturated heterocycles. The summed E-state index contributed by atoms with van der Waals surface area (Å²) in [7, 11) is 1.48. The summed E-state index contributed by atoms with van der Waals surface area (Å²) in [6, 6.07) is 27.8. The first-order valence-electron chi connectivity index (χ1n) is 19.4. The summed E-state index contributed by atoms with van der Waals surface area (Å²) in [6.45, 7) is 15.1. The SMILES string of the molecule is COc1c(NC(=O)Nc2ccc(Oc3ccnc(Nc4ccccc4)c3)c3ccccc23)cc(C(C)(C)C)cc1C(=O)NCCN1CCN(C(=O)OC(C)(C)C)CC1. The normalized spacial score (nSPS) is 13.4. The predicted octanol–water partition coefficient (Wildman–Crippen LogP) is 9.00. The topological polar surface area (TPSA) is 146 Å². The highest BCUT2D eigenvalue weighted by atomic mass is 16.6. The second-order valence-electron chi connectivity index (χ2n) is 16.1. The predicted molar refractivity (Wildman–Crippen MR) is 229 cm³/mol. The van der Waals surface area contributed by atoms with E-state index in [0.717, 1.165) is 22.0 Å². The van der Waals surface area contributed by atoms with E-state index in [1.807, 2.05) is 120 Å². The molecule has 5 aromatic rings. The molecular weight excluding hydrogens is 735 g/mol. The molecule has 4 aromatic carbocycles. The Morgan fingerprint density at radius 1 is 0.776 bits per heavy atom. The minimum Gasteiger partial charge on any atom is -0.494 e. The van der Waals surface area contributed by atoms with E-state index in [1.54, 1.807) is 23.2 Å². The number of aromatic nitrogens is 1. The Morgan fingerprint density at radius 2 is 1.47 bits per heavy atom. The van der Waals surface area contributed by atoms with Crippen molar-refractivity contribution in [3.05, 3.63) is 108 Å². The van der Waals surface area contributed by atoms with Gasteiger partial charge in [-0.2, -0.15) is 0 Å². The maximum Gasteiger partial charge on any atom is 0.410 e. The number of benzene rings is 4. The van der Waals surface area contributed by atoms with E-state index >= 15 is 0 Å². The summed E-state index contributed by atoms with van der Waals surface area (Å²) >= 11 is 0. The molecule has 4 amide bonds. The van der Waals surface area contributed by atoms with Gasteiger partial charge < -0.3 is 40.4 Å². The van der Waals surface area contributed by atoms with Crippen LogP contribution in [0.5, 0.6) is 17.2 Å². The molecular formula is C45H53N7O6. The van der Waals surface area contributed by atoms with E-state index in [1.165, 1.54) is 7.11 Å². The van der Waals surface area contributed by atoms with Crippen LogP contribution in [0.15, 0.2) is 97.2 Å². The third kappa shape index (κ3) is 10.7. The first kappa shape index (κ1) is 41.3.